The molecule has 0 bridgehead atoms. The maximum absolute atomic E-state index is 12.0. The average Bonchev–Trinajstić information content (AvgIpc) is 2.79. The zero-order valence-electron chi connectivity index (χ0n) is 12.5. The second-order valence-corrected chi connectivity index (χ2v) is 6.76. The van der Waals surface area contributed by atoms with Gasteiger partial charge in [0.05, 0.1) is 0 Å². The van der Waals surface area contributed by atoms with E-state index >= 15 is 0 Å². The monoisotopic (exact) mass is 283 g/mol. The normalized spacial score (nSPS) is 15.0. The lowest BCUT2D eigenvalue weighted by Gasteiger charge is -2.25. The lowest BCUT2D eigenvalue weighted by molar-refractivity contribution is -0.157. The van der Waals surface area contributed by atoms with E-state index in [-0.39, 0.29) is 18.1 Å². The van der Waals surface area contributed by atoms with Crippen molar-refractivity contribution < 1.29 is 9.53 Å². The van der Waals surface area contributed by atoms with Crippen molar-refractivity contribution in [3.63, 3.8) is 0 Å². The molecule has 1 aromatic rings. The predicted molar refractivity (Wildman–Crippen MR) is 80.4 cm³/mol. The smallest absolute Gasteiger partial charge is 0.323 e. The number of carbonyl (C=O) groups excluding carboxylic acids is 1. The summed E-state index contributed by atoms with van der Waals surface area (Å²) in [5.74, 6) is -0.190. The SMILES string of the molecule is CCCC(NC(C)C(=O)OC(C)(C)C)c1cccs1. The number of carbonyl (C=O) groups is 1. The summed E-state index contributed by atoms with van der Waals surface area (Å²) >= 11 is 1.72. The first kappa shape index (κ1) is 16.2. The highest BCUT2D eigenvalue weighted by atomic mass is 32.1. The van der Waals surface area contributed by atoms with Gasteiger partial charge in [0.25, 0.3) is 0 Å². The fraction of sp³-hybridized carbons (Fsp3) is 0.667. The van der Waals surface area contributed by atoms with Crippen LogP contribution in [0.5, 0.6) is 0 Å². The van der Waals surface area contributed by atoms with Crippen LogP contribution in [0.2, 0.25) is 0 Å². The van der Waals surface area contributed by atoms with E-state index in [1.807, 2.05) is 33.8 Å². The summed E-state index contributed by atoms with van der Waals surface area (Å²) in [5.41, 5.74) is -0.434. The van der Waals surface area contributed by atoms with Gasteiger partial charge in [-0.25, -0.2) is 0 Å². The molecule has 0 aliphatic carbocycles. The molecule has 2 unspecified atom stereocenters. The van der Waals surface area contributed by atoms with E-state index in [1.165, 1.54) is 4.88 Å². The Morgan fingerprint density at radius 1 is 1.47 bits per heavy atom. The second-order valence-electron chi connectivity index (χ2n) is 5.78. The van der Waals surface area contributed by atoms with E-state index < -0.39 is 5.60 Å². The van der Waals surface area contributed by atoms with Crippen molar-refractivity contribution in [1.82, 2.24) is 5.32 Å². The molecule has 3 nitrogen and oxygen atoms in total. The van der Waals surface area contributed by atoms with Gasteiger partial charge < -0.3 is 4.74 Å². The molecular weight excluding hydrogens is 258 g/mol. The first-order valence-corrected chi connectivity index (χ1v) is 7.73. The summed E-state index contributed by atoms with van der Waals surface area (Å²) in [6, 6.07) is 4.09. The van der Waals surface area contributed by atoms with Crippen LogP contribution in [0.4, 0.5) is 0 Å². The van der Waals surface area contributed by atoms with Gasteiger partial charge in [0, 0.05) is 10.9 Å². The highest BCUT2D eigenvalue weighted by Gasteiger charge is 2.24. The predicted octanol–water partition coefficient (Wildman–Crippen LogP) is 3.91. The Morgan fingerprint density at radius 3 is 2.63 bits per heavy atom. The third-order valence-corrected chi connectivity index (χ3v) is 3.66. The fourth-order valence-electron chi connectivity index (χ4n) is 1.85. The third-order valence-electron chi connectivity index (χ3n) is 2.68. The molecule has 1 rings (SSSR count). The van der Waals surface area contributed by atoms with Gasteiger partial charge in [-0.15, -0.1) is 11.3 Å². The molecule has 1 aromatic heterocycles. The van der Waals surface area contributed by atoms with Crippen molar-refractivity contribution in [1.29, 1.82) is 0 Å². The highest BCUT2D eigenvalue weighted by molar-refractivity contribution is 7.10. The van der Waals surface area contributed by atoms with Crippen molar-refractivity contribution in [2.75, 3.05) is 0 Å². The molecule has 1 heterocycles. The van der Waals surface area contributed by atoms with Gasteiger partial charge in [-0.1, -0.05) is 19.4 Å². The van der Waals surface area contributed by atoms with Gasteiger partial charge in [-0.2, -0.15) is 0 Å². The Labute approximate surface area is 120 Å². The summed E-state index contributed by atoms with van der Waals surface area (Å²) in [4.78, 5) is 13.3. The Morgan fingerprint density at radius 2 is 2.16 bits per heavy atom. The number of ether oxygens (including phenoxy) is 1. The quantitative estimate of drug-likeness (QED) is 0.804. The first-order valence-electron chi connectivity index (χ1n) is 6.85. The van der Waals surface area contributed by atoms with Gasteiger partial charge in [0.15, 0.2) is 0 Å². The standard InChI is InChI=1S/C15H25NO2S/c1-6-8-12(13-9-7-10-19-13)16-11(2)14(17)18-15(3,4)5/h7,9-12,16H,6,8H2,1-5H3. The van der Waals surface area contributed by atoms with Gasteiger partial charge in [0.1, 0.15) is 11.6 Å². The molecule has 0 saturated heterocycles. The molecule has 108 valence electrons. The van der Waals surface area contributed by atoms with Crippen molar-refractivity contribution in [3.05, 3.63) is 22.4 Å². The van der Waals surface area contributed by atoms with E-state index in [2.05, 4.69) is 23.7 Å². The number of thiophene rings is 1. The summed E-state index contributed by atoms with van der Waals surface area (Å²) in [7, 11) is 0. The van der Waals surface area contributed by atoms with Gasteiger partial charge >= 0.3 is 5.97 Å². The molecule has 0 saturated carbocycles. The van der Waals surface area contributed by atoms with E-state index in [1.54, 1.807) is 11.3 Å². The van der Waals surface area contributed by atoms with Gasteiger partial charge in [0.2, 0.25) is 0 Å². The summed E-state index contributed by atoms with van der Waals surface area (Å²) in [6.45, 7) is 9.69. The fourth-order valence-corrected chi connectivity index (χ4v) is 2.67. The topological polar surface area (TPSA) is 38.3 Å². The van der Waals surface area contributed by atoms with Crippen LogP contribution >= 0.6 is 11.3 Å². The van der Waals surface area contributed by atoms with E-state index in [0.717, 1.165) is 12.8 Å². The lowest BCUT2D eigenvalue weighted by Crippen LogP contribution is -2.40. The Hall–Kier alpha value is -0.870. The minimum atomic E-state index is -0.434. The van der Waals surface area contributed by atoms with Gasteiger partial charge in [-0.05, 0) is 45.6 Å². The van der Waals surface area contributed by atoms with Crippen molar-refractivity contribution in [2.24, 2.45) is 0 Å². The van der Waals surface area contributed by atoms with Crippen LogP contribution in [0, 0.1) is 0 Å². The summed E-state index contributed by atoms with van der Waals surface area (Å²) in [5, 5.41) is 5.45. The number of rotatable bonds is 6. The molecule has 0 amide bonds. The van der Waals surface area contributed by atoms with Crippen molar-refractivity contribution in [2.45, 2.75) is 65.1 Å². The minimum absolute atomic E-state index is 0.190. The summed E-state index contributed by atoms with van der Waals surface area (Å²) < 4.78 is 5.40. The Bertz CT molecular complexity index is 381. The molecular formula is C15H25NO2S. The zero-order valence-corrected chi connectivity index (χ0v) is 13.3. The average molecular weight is 283 g/mol. The number of hydrogen-bond donors (Lipinski definition) is 1. The van der Waals surface area contributed by atoms with Crippen molar-refractivity contribution >= 4 is 17.3 Å². The molecule has 0 fully saturated rings. The molecule has 0 spiro atoms. The molecule has 1 N–H and O–H groups in total. The van der Waals surface area contributed by atoms with Crippen LogP contribution in [0.15, 0.2) is 17.5 Å². The Kier molecular flexibility index (Phi) is 6.01. The van der Waals surface area contributed by atoms with Crippen LogP contribution in [0.1, 0.15) is 58.4 Å². The van der Waals surface area contributed by atoms with Crippen LogP contribution in [0.3, 0.4) is 0 Å². The highest BCUT2D eigenvalue weighted by Crippen LogP contribution is 2.24. The van der Waals surface area contributed by atoms with Crippen LogP contribution in [0.25, 0.3) is 0 Å². The minimum Gasteiger partial charge on any atom is -0.459 e. The molecule has 4 heteroatoms. The Balaban J connectivity index is 2.61. The van der Waals surface area contributed by atoms with Crippen LogP contribution in [-0.2, 0) is 9.53 Å². The van der Waals surface area contributed by atoms with E-state index in [9.17, 15) is 4.79 Å². The molecule has 0 aliphatic heterocycles. The summed E-state index contributed by atoms with van der Waals surface area (Å²) in [6.07, 6.45) is 2.10. The second kappa shape index (κ2) is 7.06. The van der Waals surface area contributed by atoms with E-state index in [0.29, 0.717) is 0 Å². The van der Waals surface area contributed by atoms with Crippen molar-refractivity contribution in [3.8, 4) is 0 Å². The molecule has 0 aliphatic rings. The van der Waals surface area contributed by atoms with Gasteiger partial charge in [-0.3, -0.25) is 10.1 Å². The molecule has 0 aromatic carbocycles. The molecule has 19 heavy (non-hydrogen) atoms. The maximum atomic E-state index is 12.0. The van der Waals surface area contributed by atoms with Crippen LogP contribution in [-0.4, -0.2) is 17.6 Å². The molecule has 2 atom stereocenters. The number of esters is 1. The maximum Gasteiger partial charge on any atom is 0.323 e. The number of hydrogen-bond acceptors (Lipinski definition) is 4. The largest absolute Gasteiger partial charge is 0.459 e. The molecule has 0 radical (unpaired) electrons. The lowest BCUT2D eigenvalue weighted by atomic mass is 10.1. The number of nitrogens with one attached hydrogen (secondary N) is 1. The first-order chi connectivity index (χ1) is 8.83. The zero-order chi connectivity index (χ0) is 14.5. The van der Waals surface area contributed by atoms with Crippen LogP contribution < -0.4 is 5.32 Å². The third kappa shape index (κ3) is 5.74. The van der Waals surface area contributed by atoms with E-state index in [4.69, 9.17) is 4.74 Å².